The summed E-state index contributed by atoms with van der Waals surface area (Å²) in [5.74, 6) is 1.29. The number of nitrogens with one attached hydrogen (secondary N) is 1. The fourth-order valence-electron chi connectivity index (χ4n) is 4.08. The zero-order valence-corrected chi connectivity index (χ0v) is 20.0. The van der Waals surface area contributed by atoms with Crippen molar-refractivity contribution < 1.29 is 19.1 Å². The molecule has 1 aromatic carbocycles. The van der Waals surface area contributed by atoms with Crippen LogP contribution in [-0.2, 0) is 11.3 Å². The van der Waals surface area contributed by atoms with Crippen molar-refractivity contribution in [3.05, 3.63) is 47.3 Å². The number of anilines is 2. The molecule has 0 atom stereocenters. The normalized spacial score (nSPS) is 14.4. The van der Waals surface area contributed by atoms with Gasteiger partial charge in [0.15, 0.2) is 11.7 Å². The molecule has 0 spiro atoms. The van der Waals surface area contributed by atoms with E-state index in [1.807, 2.05) is 24.3 Å². The maximum atomic E-state index is 13.1. The molecule has 0 aliphatic carbocycles. The third kappa shape index (κ3) is 4.34. The van der Waals surface area contributed by atoms with Gasteiger partial charge >= 0.3 is 0 Å². The molecule has 4 heterocycles. The SMILES string of the molecule is Cc1ncc(-c2ccc(C(=O)Nc3nc4cc(N5CCCC5=O)ccc4n3CC(C)(C)O)s2)o1. The Morgan fingerprint density at radius 3 is 2.79 bits per heavy atom. The molecule has 1 saturated heterocycles. The first-order chi connectivity index (χ1) is 16.2. The van der Waals surface area contributed by atoms with Crippen LogP contribution in [0.15, 0.2) is 40.9 Å². The summed E-state index contributed by atoms with van der Waals surface area (Å²) in [6.45, 7) is 6.08. The van der Waals surface area contributed by atoms with Crippen LogP contribution in [0.1, 0.15) is 42.3 Å². The number of aliphatic hydroxyl groups is 1. The van der Waals surface area contributed by atoms with E-state index < -0.39 is 5.60 Å². The molecule has 4 aromatic rings. The van der Waals surface area contributed by atoms with Gasteiger partial charge in [0.1, 0.15) is 0 Å². The molecule has 10 heteroatoms. The lowest BCUT2D eigenvalue weighted by molar-refractivity contribution is -0.117. The molecule has 34 heavy (non-hydrogen) atoms. The first-order valence-corrected chi connectivity index (χ1v) is 11.9. The third-order valence-corrected chi connectivity index (χ3v) is 6.68. The van der Waals surface area contributed by atoms with E-state index in [-0.39, 0.29) is 18.4 Å². The minimum Gasteiger partial charge on any atom is -0.440 e. The van der Waals surface area contributed by atoms with E-state index in [0.717, 1.165) is 22.5 Å². The van der Waals surface area contributed by atoms with Crippen LogP contribution in [0.4, 0.5) is 11.6 Å². The number of amides is 2. The van der Waals surface area contributed by atoms with Gasteiger partial charge in [-0.15, -0.1) is 11.3 Å². The van der Waals surface area contributed by atoms with Gasteiger partial charge in [-0.25, -0.2) is 9.97 Å². The van der Waals surface area contributed by atoms with E-state index in [4.69, 9.17) is 4.42 Å². The number of imidazole rings is 1. The van der Waals surface area contributed by atoms with Crippen molar-refractivity contribution in [2.24, 2.45) is 0 Å². The van der Waals surface area contributed by atoms with Crippen molar-refractivity contribution in [2.45, 2.75) is 45.8 Å². The van der Waals surface area contributed by atoms with Crippen LogP contribution in [0, 0.1) is 6.92 Å². The van der Waals surface area contributed by atoms with Crippen LogP contribution in [-0.4, -0.2) is 43.6 Å². The average molecular weight is 480 g/mol. The van der Waals surface area contributed by atoms with Crippen LogP contribution < -0.4 is 10.2 Å². The van der Waals surface area contributed by atoms with Gasteiger partial charge in [-0.05, 0) is 50.6 Å². The number of aryl methyl sites for hydroxylation is 1. The summed E-state index contributed by atoms with van der Waals surface area (Å²) in [5.41, 5.74) is 1.15. The molecule has 3 aromatic heterocycles. The van der Waals surface area contributed by atoms with Crippen molar-refractivity contribution in [3.8, 4) is 10.6 Å². The molecule has 2 amide bonds. The second-order valence-electron chi connectivity index (χ2n) is 9.02. The number of carbonyl (C=O) groups excluding carboxylic acids is 2. The largest absolute Gasteiger partial charge is 0.440 e. The highest BCUT2D eigenvalue weighted by atomic mass is 32.1. The standard InChI is InChI=1S/C24H25N5O4S/c1-14-25-12-18(33-14)19-8-9-20(34-19)22(31)27-23-26-16-11-15(28-10-4-5-21(28)30)6-7-17(16)29(23)13-24(2,3)32/h6-9,11-12,32H,4-5,10,13H2,1-3H3,(H,26,27,31). The molecule has 5 rings (SSSR count). The first kappa shape index (κ1) is 22.3. The topological polar surface area (TPSA) is 113 Å². The Balaban J connectivity index is 1.47. The number of oxazole rings is 1. The molecule has 0 saturated carbocycles. The molecule has 1 aliphatic rings. The summed E-state index contributed by atoms with van der Waals surface area (Å²) < 4.78 is 7.34. The van der Waals surface area contributed by atoms with Crippen molar-refractivity contribution >= 4 is 45.8 Å². The highest BCUT2D eigenvalue weighted by Crippen LogP contribution is 2.31. The van der Waals surface area contributed by atoms with E-state index in [1.54, 1.807) is 42.5 Å². The number of carbonyl (C=O) groups is 2. The lowest BCUT2D eigenvalue weighted by Gasteiger charge is -2.20. The highest BCUT2D eigenvalue weighted by Gasteiger charge is 2.25. The Morgan fingerprint density at radius 2 is 2.12 bits per heavy atom. The smallest absolute Gasteiger partial charge is 0.268 e. The number of aromatic nitrogens is 3. The van der Waals surface area contributed by atoms with Crippen LogP contribution in [0.5, 0.6) is 0 Å². The van der Waals surface area contributed by atoms with Crippen molar-refractivity contribution in [3.63, 3.8) is 0 Å². The van der Waals surface area contributed by atoms with Gasteiger partial charge in [-0.1, -0.05) is 0 Å². The molecule has 0 radical (unpaired) electrons. The summed E-state index contributed by atoms with van der Waals surface area (Å²) in [6, 6.07) is 9.15. The second kappa shape index (κ2) is 8.37. The molecule has 1 aliphatic heterocycles. The quantitative estimate of drug-likeness (QED) is 0.428. The lowest BCUT2D eigenvalue weighted by Crippen LogP contribution is -2.27. The number of fused-ring (bicyclic) bond motifs is 1. The summed E-state index contributed by atoms with van der Waals surface area (Å²) in [4.78, 5) is 37.0. The minimum absolute atomic E-state index is 0.0965. The predicted molar refractivity (Wildman–Crippen MR) is 130 cm³/mol. The van der Waals surface area contributed by atoms with Gasteiger partial charge in [0.05, 0.1) is 39.1 Å². The number of hydrogen-bond acceptors (Lipinski definition) is 7. The van der Waals surface area contributed by atoms with Crippen molar-refractivity contribution in [2.75, 3.05) is 16.8 Å². The zero-order chi connectivity index (χ0) is 24.0. The summed E-state index contributed by atoms with van der Waals surface area (Å²) in [7, 11) is 0. The van der Waals surface area contributed by atoms with Crippen molar-refractivity contribution in [1.82, 2.24) is 14.5 Å². The maximum Gasteiger partial charge on any atom is 0.268 e. The highest BCUT2D eigenvalue weighted by molar-refractivity contribution is 7.17. The Kier molecular flexibility index (Phi) is 5.49. The van der Waals surface area contributed by atoms with Crippen molar-refractivity contribution in [1.29, 1.82) is 0 Å². The third-order valence-electron chi connectivity index (χ3n) is 5.58. The number of benzene rings is 1. The van der Waals surface area contributed by atoms with Crippen LogP contribution >= 0.6 is 11.3 Å². The second-order valence-corrected chi connectivity index (χ2v) is 10.1. The number of hydrogen-bond donors (Lipinski definition) is 2. The number of nitrogens with zero attached hydrogens (tertiary/aromatic N) is 4. The fraction of sp³-hybridized carbons (Fsp3) is 0.333. The molecule has 0 unspecified atom stereocenters. The van der Waals surface area contributed by atoms with E-state index in [2.05, 4.69) is 15.3 Å². The van der Waals surface area contributed by atoms with E-state index in [9.17, 15) is 14.7 Å². The Bertz CT molecular complexity index is 1390. The predicted octanol–water partition coefficient (Wildman–Crippen LogP) is 4.21. The summed E-state index contributed by atoms with van der Waals surface area (Å²) >= 11 is 1.30. The number of rotatable bonds is 6. The Morgan fingerprint density at radius 1 is 1.29 bits per heavy atom. The Hall–Kier alpha value is -3.50. The molecule has 2 N–H and O–H groups in total. The molecule has 1 fully saturated rings. The number of thiophene rings is 1. The fourth-order valence-corrected chi connectivity index (χ4v) is 4.93. The first-order valence-electron chi connectivity index (χ1n) is 11.0. The molecule has 9 nitrogen and oxygen atoms in total. The minimum atomic E-state index is -1.03. The summed E-state index contributed by atoms with van der Waals surface area (Å²) in [6.07, 6.45) is 3.01. The van der Waals surface area contributed by atoms with Crippen LogP contribution in [0.2, 0.25) is 0 Å². The molecule has 0 bridgehead atoms. The van der Waals surface area contributed by atoms with Gasteiger partial charge in [-0.2, -0.15) is 0 Å². The van der Waals surface area contributed by atoms with E-state index >= 15 is 0 Å². The lowest BCUT2D eigenvalue weighted by atomic mass is 10.1. The van der Waals surface area contributed by atoms with Gasteiger partial charge < -0.3 is 19.0 Å². The summed E-state index contributed by atoms with van der Waals surface area (Å²) in [5, 5.41) is 13.4. The molecular weight excluding hydrogens is 454 g/mol. The van der Waals surface area contributed by atoms with Gasteiger partial charge in [0, 0.05) is 25.6 Å². The van der Waals surface area contributed by atoms with Gasteiger partial charge in [0.25, 0.3) is 5.91 Å². The van der Waals surface area contributed by atoms with Crippen LogP contribution in [0.3, 0.4) is 0 Å². The van der Waals surface area contributed by atoms with E-state index in [1.165, 1.54) is 11.3 Å². The monoisotopic (exact) mass is 479 g/mol. The van der Waals surface area contributed by atoms with Crippen LogP contribution in [0.25, 0.3) is 21.7 Å². The maximum absolute atomic E-state index is 13.1. The zero-order valence-electron chi connectivity index (χ0n) is 19.2. The van der Waals surface area contributed by atoms with Gasteiger partial charge in [0.2, 0.25) is 11.9 Å². The molecule has 176 valence electrons. The van der Waals surface area contributed by atoms with Gasteiger partial charge in [-0.3, -0.25) is 14.9 Å². The Labute approximate surface area is 200 Å². The van der Waals surface area contributed by atoms with E-state index in [0.29, 0.717) is 41.0 Å². The average Bonchev–Trinajstić information content (AvgIpc) is 3.54. The molecular formula is C24H25N5O4S.